The number of piperidine rings is 1. The van der Waals surface area contributed by atoms with Crippen LogP contribution in [0.4, 0.5) is 0 Å². The number of hydrogen-bond donors (Lipinski definition) is 1. The minimum Gasteiger partial charge on any atom is -0.341 e. The number of amides is 2. The van der Waals surface area contributed by atoms with Gasteiger partial charge in [0.1, 0.15) is 6.04 Å². The molecule has 1 N–H and O–H groups in total. The average molecular weight is 431 g/mol. The Kier molecular flexibility index (Phi) is 5.70. The molecule has 3 heterocycles. The molecule has 30 heavy (non-hydrogen) atoms. The largest absolute Gasteiger partial charge is 0.341 e. The van der Waals surface area contributed by atoms with Crippen LogP contribution in [0.3, 0.4) is 0 Å². The Hall–Kier alpha value is -2.22. The smallest absolute Gasteiger partial charge is 0.326 e. The molecule has 2 aliphatic rings. The Morgan fingerprint density at radius 1 is 1.17 bits per heavy atom. The van der Waals surface area contributed by atoms with Gasteiger partial charge >= 0.3 is 5.69 Å². The highest BCUT2D eigenvalue weighted by Crippen LogP contribution is 2.30. The number of fused-ring (bicyclic) bond motifs is 1. The molecule has 4 rings (SSSR count). The molecule has 2 aliphatic heterocycles. The Bertz CT molecular complexity index is 998. The summed E-state index contributed by atoms with van der Waals surface area (Å²) in [6, 6.07) is 7.43. The summed E-state index contributed by atoms with van der Waals surface area (Å²) in [6.07, 6.45) is 1.93. The van der Waals surface area contributed by atoms with Gasteiger partial charge in [-0.1, -0.05) is 32.9 Å². The van der Waals surface area contributed by atoms with Crippen molar-refractivity contribution in [1.82, 2.24) is 19.4 Å². The van der Waals surface area contributed by atoms with E-state index >= 15 is 0 Å². The van der Waals surface area contributed by atoms with Crippen molar-refractivity contribution in [3.05, 3.63) is 34.7 Å². The Morgan fingerprint density at radius 3 is 2.57 bits per heavy atom. The number of nitrogens with zero attached hydrogens (tertiary/aromatic N) is 3. The fourth-order valence-corrected chi connectivity index (χ4v) is 5.61. The summed E-state index contributed by atoms with van der Waals surface area (Å²) in [4.78, 5) is 45.0. The molecule has 1 aromatic heterocycles. The van der Waals surface area contributed by atoms with E-state index in [4.69, 9.17) is 0 Å². The summed E-state index contributed by atoms with van der Waals surface area (Å²) in [6.45, 7) is 7.35. The Balaban J connectivity index is 1.42. The fourth-order valence-electron chi connectivity index (χ4n) is 4.44. The van der Waals surface area contributed by atoms with Crippen molar-refractivity contribution < 1.29 is 9.59 Å². The maximum absolute atomic E-state index is 13.2. The number of hydrogen-bond acceptors (Lipinski definition) is 4. The molecule has 0 saturated carbocycles. The third-order valence-corrected chi connectivity index (χ3v) is 6.95. The van der Waals surface area contributed by atoms with E-state index in [1.54, 1.807) is 16.7 Å². The number of carbonyl (C=O) groups excluding carboxylic acids is 2. The normalized spacial score (nSPS) is 20.8. The highest BCUT2D eigenvalue weighted by molar-refractivity contribution is 7.99. The summed E-state index contributed by atoms with van der Waals surface area (Å²) in [5.74, 6) is 1.36. The molecule has 1 atom stereocenters. The Morgan fingerprint density at radius 2 is 1.87 bits per heavy atom. The SMILES string of the molecule is CC(C)(C)CC(=O)N1CSCC1C(=O)N1CCC(n2c(=O)[nH]c3ccccc32)CC1. The number of imidazole rings is 1. The van der Waals surface area contributed by atoms with Crippen molar-refractivity contribution in [3.63, 3.8) is 0 Å². The van der Waals surface area contributed by atoms with E-state index in [1.807, 2.05) is 54.5 Å². The van der Waals surface area contributed by atoms with E-state index in [0.29, 0.717) is 31.1 Å². The summed E-state index contributed by atoms with van der Waals surface area (Å²) in [5, 5.41) is 0. The minimum atomic E-state index is -0.364. The van der Waals surface area contributed by atoms with Crippen LogP contribution in [0.5, 0.6) is 0 Å². The van der Waals surface area contributed by atoms with Gasteiger partial charge in [-0.3, -0.25) is 14.2 Å². The zero-order valence-corrected chi connectivity index (χ0v) is 18.7. The first-order valence-electron chi connectivity index (χ1n) is 10.6. The van der Waals surface area contributed by atoms with Crippen LogP contribution in [0.15, 0.2) is 29.1 Å². The molecule has 2 amide bonds. The summed E-state index contributed by atoms with van der Waals surface area (Å²) >= 11 is 1.65. The van der Waals surface area contributed by atoms with E-state index in [-0.39, 0.29) is 35.0 Å². The van der Waals surface area contributed by atoms with E-state index in [0.717, 1.165) is 23.9 Å². The summed E-state index contributed by atoms with van der Waals surface area (Å²) < 4.78 is 1.84. The lowest BCUT2D eigenvalue weighted by molar-refractivity contribution is -0.145. The zero-order valence-electron chi connectivity index (χ0n) is 17.9. The number of aromatic nitrogens is 2. The van der Waals surface area contributed by atoms with Crippen molar-refractivity contribution in [3.8, 4) is 0 Å². The molecule has 8 heteroatoms. The van der Waals surface area contributed by atoms with Gasteiger partial charge in [0.05, 0.1) is 16.9 Å². The molecule has 162 valence electrons. The second-order valence-corrected chi connectivity index (χ2v) is 10.5. The van der Waals surface area contributed by atoms with Gasteiger partial charge in [-0.05, 0) is 30.4 Å². The number of likely N-dealkylation sites (tertiary alicyclic amines) is 1. The van der Waals surface area contributed by atoms with Gasteiger partial charge in [0, 0.05) is 31.3 Å². The third kappa shape index (κ3) is 4.15. The number of thioether (sulfide) groups is 1. The van der Waals surface area contributed by atoms with Crippen molar-refractivity contribution in [1.29, 1.82) is 0 Å². The first-order valence-corrected chi connectivity index (χ1v) is 11.8. The highest BCUT2D eigenvalue weighted by atomic mass is 32.2. The van der Waals surface area contributed by atoms with Crippen molar-refractivity contribution in [2.75, 3.05) is 24.7 Å². The standard InChI is InChI=1S/C22H30N4O3S/c1-22(2,3)12-19(27)25-14-30-13-18(25)20(28)24-10-8-15(9-11-24)26-17-7-5-4-6-16(17)23-21(26)29/h4-7,15,18H,8-14H2,1-3H3,(H,23,29). The number of nitrogens with one attached hydrogen (secondary N) is 1. The minimum absolute atomic E-state index is 0.0481. The quantitative estimate of drug-likeness (QED) is 0.812. The van der Waals surface area contributed by atoms with Gasteiger partial charge in [-0.15, -0.1) is 11.8 Å². The maximum atomic E-state index is 13.2. The van der Waals surface area contributed by atoms with Gasteiger partial charge in [0.15, 0.2) is 0 Å². The van der Waals surface area contributed by atoms with Gasteiger partial charge in [0.25, 0.3) is 0 Å². The van der Waals surface area contributed by atoms with Crippen LogP contribution in [0.25, 0.3) is 11.0 Å². The molecule has 0 bridgehead atoms. The van der Waals surface area contributed by atoms with E-state index in [9.17, 15) is 14.4 Å². The summed E-state index contributed by atoms with van der Waals surface area (Å²) in [5.41, 5.74) is 1.57. The lowest BCUT2D eigenvalue weighted by Crippen LogP contribution is -2.51. The number of aromatic amines is 1. The second-order valence-electron chi connectivity index (χ2n) is 9.49. The summed E-state index contributed by atoms with van der Waals surface area (Å²) in [7, 11) is 0. The molecular formula is C22H30N4O3S. The molecule has 2 fully saturated rings. The second kappa shape index (κ2) is 8.13. The number of benzene rings is 1. The van der Waals surface area contributed by atoms with Crippen LogP contribution < -0.4 is 5.69 Å². The van der Waals surface area contributed by atoms with Crippen molar-refractivity contribution in [2.24, 2.45) is 5.41 Å². The number of rotatable bonds is 3. The molecule has 2 saturated heterocycles. The molecule has 0 radical (unpaired) electrons. The van der Waals surface area contributed by atoms with Gasteiger partial charge < -0.3 is 14.8 Å². The zero-order chi connectivity index (χ0) is 21.5. The highest BCUT2D eigenvalue weighted by Gasteiger charge is 2.39. The van der Waals surface area contributed by atoms with Crippen molar-refractivity contribution >= 4 is 34.6 Å². The first kappa shape index (κ1) is 21.0. The van der Waals surface area contributed by atoms with Crippen LogP contribution in [0.1, 0.15) is 46.1 Å². The topological polar surface area (TPSA) is 78.4 Å². The molecule has 0 spiro atoms. The van der Waals surface area contributed by atoms with Crippen LogP contribution >= 0.6 is 11.8 Å². The lowest BCUT2D eigenvalue weighted by Gasteiger charge is -2.36. The van der Waals surface area contributed by atoms with Crippen LogP contribution in [-0.2, 0) is 9.59 Å². The fraction of sp³-hybridized carbons (Fsp3) is 0.591. The number of para-hydroxylation sites is 2. The van der Waals surface area contributed by atoms with Gasteiger partial charge in [-0.2, -0.15) is 0 Å². The molecule has 7 nitrogen and oxygen atoms in total. The van der Waals surface area contributed by atoms with E-state index in [1.165, 1.54) is 0 Å². The van der Waals surface area contributed by atoms with Gasteiger partial charge in [0.2, 0.25) is 11.8 Å². The Labute approximate surface area is 180 Å². The maximum Gasteiger partial charge on any atom is 0.326 e. The molecular weight excluding hydrogens is 400 g/mol. The molecule has 1 aromatic carbocycles. The van der Waals surface area contributed by atoms with E-state index < -0.39 is 0 Å². The average Bonchev–Trinajstić information content (AvgIpc) is 3.30. The van der Waals surface area contributed by atoms with Crippen LogP contribution in [0, 0.1) is 5.41 Å². The first-order chi connectivity index (χ1) is 14.2. The molecule has 0 aliphatic carbocycles. The monoisotopic (exact) mass is 430 g/mol. The van der Waals surface area contributed by atoms with E-state index in [2.05, 4.69) is 4.98 Å². The molecule has 2 aromatic rings. The predicted molar refractivity (Wildman–Crippen MR) is 119 cm³/mol. The van der Waals surface area contributed by atoms with Crippen molar-refractivity contribution in [2.45, 2.75) is 52.1 Å². The number of H-pyrrole nitrogens is 1. The number of carbonyl (C=O) groups is 2. The third-order valence-electron chi connectivity index (χ3n) is 5.93. The van der Waals surface area contributed by atoms with Gasteiger partial charge in [-0.25, -0.2) is 4.79 Å². The van der Waals surface area contributed by atoms with Crippen LogP contribution in [0.2, 0.25) is 0 Å². The van der Waals surface area contributed by atoms with Crippen LogP contribution in [-0.4, -0.2) is 61.9 Å². The lowest BCUT2D eigenvalue weighted by atomic mass is 9.91. The molecule has 1 unspecified atom stereocenters. The predicted octanol–water partition coefficient (Wildman–Crippen LogP) is 2.83.